The molecule has 1 rings (SSSR count). The van der Waals surface area contributed by atoms with Gasteiger partial charge in [-0.25, -0.2) is 0 Å². The number of hydrogen-bond acceptors (Lipinski definition) is 2. The highest BCUT2D eigenvalue weighted by Crippen LogP contribution is 2.45. The van der Waals surface area contributed by atoms with Gasteiger partial charge in [0.2, 0.25) is 6.10 Å². The van der Waals surface area contributed by atoms with Gasteiger partial charge in [0.1, 0.15) is 11.3 Å². The maximum absolute atomic E-state index is 12.1. The largest absolute Gasteiger partial charge is 0.451 e. The molecule has 0 bridgehead atoms. The zero-order valence-electron chi connectivity index (χ0n) is 6.69. The van der Waals surface area contributed by atoms with Crippen molar-refractivity contribution in [2.45, 2.75) is 23.8 Å². The fourth-order valence-electron chi connectivity index (χ4n) is 1.17. The molecule has 15 heavy (non-hydrogen) atoms. The zero-order valence-corrected chi connectivity index (χ0v) is 7.45. The number of halogens is 7. The molecule has 1 heterocycles. The molecule has 9 heteroatoms. The van der Waals surface area contributed by atoms with Gasteiger partial charge in [-0.3, -0.25) is 4.79 Å². The first-order valence-electron chi connectivity index (χ1n) is 3.53. The Labute approximate surface area is 84.1 Å². The third-order valence-electron chi connectivity index (χ3n) is 1.81. The standard InChI is InChI=1S/C6H3ClF6O2/c7-2-1(5(8,9)10)3(6(11,12)13)15-4(2)14/h1-3H. The van der Waals surface area contributed by atoms with Crippen molar-refractivity contribution in [3.8, 4) is 0 Å². The van der Waals surface area contributed by atoms with E-state index in [1.807, 2.05) is 0 Å². The number of carbonyl (C=O) groups is 1. The highest BCUT2D eigenvalue weighted by molar-refractivity contribution is 6.30. The lowest BCUT2D eigenvalue weighted by atomic mass is 10.00. The van der Waals surface area contributed by atoms with Crippen LogP contribution in [-0.2, 0) is 9.53 Å². The van der Waals surface area contributed by atoms with Crippen molar-refractivity contribution in [1.82, 2.24) is 0 Å². The predicted molar refractivity (Wildman–Crippen MR) is 35.1 cm³/mol. The van der Waals surface area contributed by atoms with Crippen LogP contribution in [0.4, 0.5) is 26.3 Å². The molecule has 3 unspecified atom stereocenters. The smallest absolute Gasteiger partial charge is 0.426 e. The normalized spacial score (nSPS) is 33.0. The molecule has 1 aliphatic rings. The van der Waals surface area contributed by atoms with Crippen LogP contribution in [0, 0.1) is 5.92 Å². The van der Waals surface area contributed by atoms with E-state index in [1.54, 1.807) is 0 Å². The molecule has 88 valence electrons. The molecule has 3 atom stereocenters. The maximum atomic E-state index is 12.1. The molecule has 0 N–H and O–H groups in total. The van der Waals surface area contributed by atoms with Crippen LogP contribution in [-0.4, -0.2) is 29.8 Å². The van der Waals surface area contributed by atoms with E-state index >= 15 is 0 Å². The van der Waals surface area contributed by atoms with Gasteiger partial charge >= 0.3 is 18.3 Å². The van der Waals surface area contributed by atoms with Crippen molar-refractivity contribution in [2.75, 3.05) is 0 Å². The van der Waals surface area contributed by atoms with E-state index in [2.05, 4.69) is 4.74 Å². The van der Waals surface area contributed by atoms with Crippen molar-refractivity contribution in [3.05, 3.63) is 0 Å². The van der Waals surface area contributed by atoms with E-state index in [1.165, 1.54) is 0 Å². The number of carbonyl (C=O) groups excluding carboxylic acids is 1. The molecule has 0 aromatic heterocycles. The first-order valence-corrected chi connectivity index (χ1v) is 3.97. The van der Waals surface area contributed by atoms with Crippen LogP contribution < -0.4 is 0 Å². The SMILES string of the molecule is O=C1OC(C(F)(F)F)C(C(F)(F)F)C1Cl. The molecular weight excluding hydrogens is 254 g/mol. The summed E-state index contributed by atoms with van der Waals surface area (Å²) in [6.45, 7) is 0. The van der Waals surface area contributed by atoms with E-state index < -0.39 is 35.7 Å². The highest BCUT2D eigenvalue weighted by atomic mass is 35.5. The minimum absolute atomic E-state index is 1.71. The lowest BCUT2D eigenvalue weighted by Crippen LogP contribution is -2.43. The lowest BCUT2D eigenvalue weighted by molar-refractivity contribution is -0.260. The summed E-state index contributed by atoms with van der Waals surface area (Å²) in [5.41, 5.74) is 0. The first kappa shape index (κ1) is 12.4. The third kappa shape index (κ3) is 2.30. The van der Waals surface area contributed by atoms with E-state index in [0.717, 1.165) is 0 Å². The predicted octanol–water partition coefficient (Wildman–Crippen LogP) is 2.26. The lowest BCUT2D eigenvalue weighted by Gasteiger charge is -2.22. The van der Waals surface area contributed by atoms with Crippen LogP contribution in [0.3, 0.4) is 0 Å². The molecule has 0 radical (unpaired) electrons. The van der Waals surface area contributed by atoms with E-state index in [-0.39, 0.29) is 0 Å². The second-order valence-electron chi connectivity index (χ2n) is 2.87. The summed E-state index contributed by atoms with van der Waals surface area (Å²) < 4.78 is 76.2. The Bertz CT molecular complexity index is 272. The van der Waals surface area contributed by atoms with Gasteiger partial charge in [-0.2, -0.15) is 26.3 Å². The van der Waals surface area contributed by atoms with Crippen molar-refractivity contribution in [1.29, 1.82) is 0 Å². The summed E-state index contributed by atoms with van der Waals surface area (Å²) in [7, 11) is 0. The monoisotopic (exact) mass is 256 g/mol. The number of alkyl halides is 7. The zero-order chi connectivity index (χ0) is 12.0. The van der Waals surface area contributed by atoms with Crippen LogP contribution in [0.5, 0.6) is 0 Å². The summed E-state index contributed by atoms with van der Waals surface area (Å²) >= 11 is 4.92. The maximum Gasteiger partial charge on any atom is 0.426 e. The minimum atomic E-state index is -5.28. The molecule has 0 aromatic rings. The molecule has 0 aliphatic carbocycles. The highest BCUT2D eigenvalue weighted by Gasteiger charge is 2.66. The van der Waals surface area contributed by atoms with Gasteiger partial charge in [-0.15, -0.1) is 11.6 Å². The van der Waals surface area contributed by atoms with Crippen LogP contribution in [0.25, 0.3) is 0 Å². The van der Waals surface area contributed by atoms with Gasteiger partial charge in [-0.1, -0.05) is 0 Å². The number of cyclic esters (lactones) is 1. The fraction of sp³-hybridized carbons (Fsp3) is 0.833. The topological polar surface area (TPSA) is 26.3 Å². The van der Waals surface area contributed by atoms with Gasteiger partial charge in [0.05, 0.1) is 0 Å². The third-order valence-corrected chi connectivity index (χ3v) is 2.26. The van der Waals surface area contributed by atoms with E-state index in [4.69, 9.17) is 11.6 Å². The summed E-state index contributed by atoms with van der Waals surface area (Å²) in [6, 6.07) is 0. The van der Waals surface area contributed by atoms with E-state index in [0.29, 0.717) is 0 Å². The molecular formula is C6H3ClF6O2. The molecule has 1 fully saturated rings. The van der Waals surface area contributed by atoms with Crippen molar-refractivity contribution in [3.63, 3.8) is 0 Å². The van der Waals surface area contributed by atoms with Crippen LogP contribution in [0.2, 0.25) is 0 Å². The fourth-order valence-corrected chi connectivity index (χ4v) is 1.50. The summed E-state index contributed by atoms with van der Waals surface area (Å²) in [5.74, 6) is -4.76. The average molecular weight is 257 g/mol. The molecule has 0 spiro atoms. The van der Waals surface area contributed by atoms with Gasteiger partial charge in [0.15, 0.2) is 0 Å². The van der Waals surface area contributed by atoms with Gasteiger partial charge in [0.25, 0.3) is 0 Å². The second-order valence-corrected chi connectivity index (χ2v) is 3.34. The Hall–Kier alpha value is -0.660. The number of esters is 1. The quantitative estimate of drug-likeness (QED) is 0.377. The Morgan fingerprint density at radius 1 is 1.07 bits per heavy atom. The molecule has 1 saturated heterocycles. The second kappa shape index (κ2) is 3.43. The van der Waals surface area contributed by atoms with Crippen LogP contribution >= 0.6 is 11.6 Å². The Kier molecular flexibility index (Phi) is 2.84. The first-order chi connectivity index (χ1) is 6.55. The van der Waals surface area contributed by atoms with Gasteiger partial charge in [-0.05, 0) is 0 Å². The Balaban J connectivity index is 3.03. The van der Waals surface area contributed by atoms with Crippen LogP contribution in [0.1, 0.15) is 0 Å². The van der Waals surface area contributed by atoms with Crippen molar-refractivity contribution >= 4 is 17.6 Å². The van der Waals surface area contributed by atoms with Gasteiger partial charge < -0.3 is 4.74 Å². The average Bonchev–Trinajstić information content (AvgIpc) is 2.25. The molecule has 2 nitrogen and oxygen atoms in total. The molecule has 0 aromatic carbocycles. The van der Waals surface area contributed by atoms with Crippen molar-refractivity contribution < 1.29 is 35.9 Å². The summed E-state index contributed by atoms with van der Waals surface area (Å²) in [5, 5.41) is -2.35. The van der Waals surface area contributed by atoms with Crippen molar-refractivity contribution in [2.24, 2.45) is 5.92 Å². The Morgan fingerprint density at radius 3 is 1.80 bits per heavy atom. The molecule has 1 aliphatic heterocycles. The number of ether oxygens (including phenoxy) is 1. The molecule has 0 amide bonds. The molecule has 0 saturated carbocycles. The van der Waals surface area contributed by atoms with E-state index in [9.17, 15) is 31.1 Å². The number of rotatable bonds is 0. The number of hydrogen-bond donors (Lipinski definition) is 0. The minimum Gasteiger partial charge on any atom is -0.451 e. The summed E-state index contributed by atoms with van der Waals surface area (Å²) in [6.07, 6.45) is -13.7. The summed E-state index contributed by atoms with van der Waals surface area (Å²) in [4.78, 5) is 10.5. The Morgan fingerprint density at radius 2 is 1.53 bits per heavy atom. The van der Waals surface area contributed by atoms with Crippen LogP contribution in [0.15, 0.2) is 0 Å². The van der Waals surface area contributed by atoms with Gasteiger partial charge in [0, 0.05) is 0 Å².